The lowest BCUT2D eigenvalue weighted by molar-refractivity contribution is -0.311. The first kappa shape index (κ1) is 18.9. The molecule has 25 heavy (non-hydrogen) atoms. The van der Waals surface area contributed by atoms with Gasteiger partial charge in [-0.15, -0.1) is 0 Å². The number of aliphatic carboxylic acids is 1. The van der Waals surface area contributed by atoms with Gasteiger partial charge in [-0.1, -0.05) is 0 Å². The van der Waals surface area contributed by atoms with Crippen LogP contribution in [0, 0.1) is 5.92 Å². The number of benzene rings is 1. The van der Waals surface area contributed by atoms with Crippen molar-refractivity contribution in [3.05, 3.63) is 23.8 Å². The van der Waals surface area contributed by atoms with Gasteiger partial charge in [0.2, 0.25) is 0 Å². The molecule has 0 unspecified atom stereocenters. The molecular formula is C18H24NO6-. The van der Waals surface area contributed by atoms with Crippen LogP contribution in [0.2, 0.25) is 0 Å². The monoisotopic (exact) mass is 350 g/mol. The molecule has 0 aliphatic carbocycles. The molecule has 1 fully saturated rings. The molecule has 2 rings (SSSR count). The molecule has 1 aliphatic rings. The maximum absolute atomic E-state index is 12.3. The Labute approximate surface area is 147 Å². The lowest BCUT2D eigenvalue weighted by Gasteiger charge is -2.24. The maximum Gasteiger partial charge on any atom is 0.410 e. The molecule has 1 aliphatic heterocycles. The van der Waals surface area contributed by atoms with Crippen LogP contribution >= 0.6 is 0 Å². The quantitative estimate of drug-likeness (QED) is 0.816. The Bertz CT molecular complexity index is 629. The molecule has 1 aromatic rings. The van der Waals surface area contributed by atoms with Crippen molar-refractivity contribution in [2.45, 2.75) is 32.3 Å². The Morgan fingerprint density at radius 1 is 1.08 bits per heavy atom. The molecule has 1 saturated heterocycles. The van der Waals surface area contributed by atoms with Crippen LogP contribution in [-0.2, 0) is 9.53 Å². The average Bonchev–Trinajstić information content (AvgIpc) is 2.98. The second kappa shape index (κ2) is 7.21. The predicted molar refractivity (Wildman–Crippen MR) is 88.6 cm³/mol. The first-order chi connectivity index (χ1) is 11.6. The number of ether oxygens (including phenoxy) is 3. The summed E-state index contributed by atoms with van der Waals surface area (Å²) in [6.45, 7) is 5.57. The zero-order valence-electron chi connectivity index (χ0n) is 15.2. The predicted octanol–water partition coefficient (Wildman–Crippen LogP) is 1.40. The van der Waals surface area contributed by atoms with Gasteiger partial charge in [-0.05, 0) is 38.5 Å². The number of hydrogen-bond donors (Lipinski definition) is 0. The van der Waals surface area contributed by atoms with E-state index in [1.165, 1.54) is 19.1 Å². The Hall–Kier alpha value is -2.44. The summed E-state index contributed by atoms with van der Waals surface area (Å²) in [5.41, 5.74) is 0.0715. The first-order valence-corrected chi connectivity index (χ1v) is 8.06. The molecule has 0 radical (unpaired) electrons. The first-order valence-electron chi connectivity index (χ1n) is 8.06. The van der Waals surface area contributed by atoms with E-state index in [9.17, 15) is 14.7 Å². The van der Waals surface area contributed by atoms with Crippen molar-refractivity contribution in [3.63, 3.8) is 0 Å². The number of amides is 1. The van der Waals surface area contributed by atoms with Crippen molar-refractivity contribution in [1.29, 1.82) is 0 Å². The van der Waals surface area contributed by atoms with Gasteiger partial charge in [0.1, 0.15) is 17.1 Å². The highest BCUT2D eigenvalue weighted by molar-refractivity contribution is 5.74. The van der Waals surface area contributed by atoms with Crippen LogP contribution in [-0.4, -0.2) is 49.9 Å². The van der Waals surface area contributed by atoms with Crippen molar-refractivity contribution in [3.8, 4) is 11.5 Å². The Kier molecular flexibility index (Phi) is 5.45. The third kappa shape index (κ3) is 4.55. The van der Waals surface area contributed by atoms with E-state index in [4.69, 9.17) is 14.2 Å². The fraction of sp³-hybridized carbons (Fsp3) is 0.556. The number of carboxylic acid groups (broad SMARTS) is 1. The molecule has 1 heterocycles. The molecule has 0 N–H and O–H groups in total. The van der Waals surface area contributed by atoms with Gasteiger partial charge in [0, 0.05) is 37.0 Å². The van der Waals surface area contributed by atoms with Crippen molar-refractivity contribution >= 4 is 12.1 Å². The zero-order chi connectivity index (χ0) is 18.8. The lowest BCUT2D eigenvalue weighted by Crippen LogP contribution is -2.38. The molecule has 7 heteroatoms. The minimum Gasteiger partial charge on any atom is -0.550 e. The van der Waals surface area contributed by atoms with Crippen LogP contribution in [0.25, 0.3) is 0 Å². The molecule has 1 amide bonds. The summed E-state index contributed by atoms with van der Waals surface area (Å²) in [6, 6.07) is 5.21. The summed E-state index contributed by atoms with van der Waals surface area (Å²) in [5, 5.41) is 11.6. The lowest BCUT2D eigenvalue weighted by atomic mass is 9.89. The fourth-order valence-corrected chi connectivity index (χ4v) is 2.90. The SMILES string of the molecule is COc1cc(OC)cc([C@@H]2CN(C(=O)OC(C)(C)C)C[C@H]2C(=O)[O-])c1. The van der Waals surface area contributed by atoms with Crippen LogP contribution in [0.1, 0.15) is 32.3 Å². The van der Waals surface area contributed by atoms with Crippen molar-refractivity contribution in [1.82, 2.24) is 4.90 Å². The Morgan fingerprint density at radius 3 is 2.08 bits per heavy atom. The molecule has 138 valence electrons. The van der Waals surface area contributed by atoms with Gasteiger partial charge >= 0.3 is 6.09 Å². The molecular weight excluding hydrogens is 326 g/mol. The number of carboxylic acids is 1. The minimum atomic E-state index is -1.20. The minimum absolute atomic E-state index is 0.0431. The van der Waals surface area contributed by atoms with Crippen molar-refractivity contribution in [2.24, 2.45) is 5.92 Å². The standard InChI is InChI=1S/C18H25NO6/c1-18(2,3)25-17(22)19-9-14(15(10-19)16(20)21)11-6-12(23-4)8-13(7-11)24-5/h6-8,14-15H,9-10H2,1-5H3,(H,20,21)/p-1/t14-,15+/m0/s1. The molecule has 1 aromatic carbocycles. The van der Waals surface area contributed by atoms with E-state index in [1.807, 2.05) is 0 Å². The molecule has 0 bridgehead atoms. The van der Waals surface area contributed by atoms with E-state index in [0.29, 0.717) is 11.5 Å². The summed E-state index contributed by atoms with van der Waals surface area (Å²) in [7, 11) is 3.05. The topological polar surface area (TPSA) is 88.1 Å². The second-order valence-corrected chi connectivity index (χ2v) is 7.06. The van der Waals surface area contributed by atoms with E-state index < -0.39 is 29.5 Å². The van der Waals surface area contributed by atoms with Gasteiger partial charge in [0.05, 0.1) is 14.2 Å². The van der Waals surface area contributed by atoms with Gasteiger partial charge in [0.15, 0.2) is 0 Å². The highest BCUT2D eigenvalue weighted by Gasteiger charge is 2.39. The maximum atomic E-state index is 12.3. The second-order valence-electron chi connectivity index (χ2n) is 7.06. The molecule has 0 saturated carbocycles. The molecule has 2 atom stereocenters. The summed E-state index contributed by atoms with van der Waals surface area (Å²) in [6.07, 6.45) is -0.531. The van der Waals surface area contributed by atoms with Gasteiger partial charge in [0.25, 0.3) is 0 Å². The van der Waals surface area contributed by atoms with E-state index in [1.54, 1.807) is 39.0 Å². The smallest absolute Gasteiger partial charge is 0.410 e. The number of hydrogen-bond acceptors (Lipinski definition) is 6. The van der Waals surface area contributed by atoms with E-state index in [0.717, 1.165) is 5.56 Å². The third-order valence-electron chi connectivity index (χ3n) is 4.08. The zero-order valence-corrected chi connectivity index (χ0v) is 15.2. The average molecular weight is 350 g/mol. The van der Waals surface area contributed by atoms with Gasteiger partial charge in [-0.3, -0.25) is 0 Å². The largest absolute Gasteiger partial charge is 0.550 e. The van der Waals surface area contributed by atoms with E-state index >= 15 is 0 Å². The van der Waals surface area contributed by atoms with Crippen LogP contribution in [0.4, 0.5) is 4.79 Å². The van der Waals surface area contributed by atoms with E-state index in [2.05, 4.69) is 0 Å². The highest BCUT2D eigenvalue weighted by Crippen LogP contribution is 2.36. The number of carbonyl (C=O) groups is 2. The third-order valence-corrected chi connectivity index (χ3v) is 4.08. The highest BCUT2D eigenvalue weighted by atomic mass is 16.6. The Balaban J connectivity index is 2.30. The number of methoxy groups -OCH3 is 2. The van der Waals surface area contributed by atoms with Crippen molar-refractivity contribution in [2.75, 3.05) is 27.3 Å². The summed E-state index contributed by atoms with van der Waals surface area (Å²) in [5.74, 6) is -1.34. The number of rotatable bonds is 4. The molecule has 7 nitrogen and oxygen atoms in total. The van der Waals surface area contributed by atoms with Crippen LogP contribution in [0.3, 0.4) is 0 Å². The van der Waals surface area contributed by atoms with E-state index in [-0.39, 0.29) is 13.1 Å². The summed E-state index contributed by atoms with van der Waals surface area (Å²) < 4.78 is 15.8. The van der Waals surface area contributed by atoms with Crippen LogP contribution in [0.15, 0.2) is 18.2 Å². The van der Waals surface area contributed by atoms with Crippen LogP contribution < -0.4 is 14.6 Å². The van der Waals surface area contributed by atoms with Crippen LogP contribution in [0.5, 0.6) is 11.5 Å². The molecule has 0 aromatic heterocycles. The summed E-state index contributed by atoms with van der Waals surface area (Å²) in [4.78, 5) is 25.3. The fourth-order valence-electron chi connectivity index (χ4n) is 2.90. The number of carbonyl (C=O) groups excluding carboxylic acids is 2. The van der Waals surface area contributed by atoms with Gasteiger partial charge < -0.3 is 29.0 Å². The van der Waals surface area contributed by atoms with Gasteiger partial charge in [-0.2, -0.15) is 0 Å². The number of likely N-dealkylation sites (tertiary alicyclic amines) is 1. The van der Waals surface area contributed by atoms with Crippen molar-refractivity contribution < 1.29 is 28.9 Å². The molecule has 0 spiro atoms. The summed E-state index contributed by atoms with van der Waals surface area (Å²) >= 11 is 0. The number of nitrogens with zero attached hydrogens (tertiary/aromatic N) is 1. The normalized spacial score (nSPS) is 20.3. The van der Waals surface area contributed by atoms with Gasteiger partial charge in [-0.25, -0.2) is 4.79 Å². The Morgan fingerprint density at radius 2 is 1.64 bits per heavy atom.